The average Bonchev–Trinajstić information content (AvgIpc) is 3.44. The van der Waals surface area contributed by atoms with E-state index in [0.29, 0.717) is 24.3 Å². The monoisotopic (exact) mass is 485 g/mol. The minimum absolute atomic E-state index is 0.0915. The van der Waals surface area contributed by atoms with Crippen LogP contribution in [0.4, 0.5) is 11.6 Å². The fourth-order valence-electron chi connectivity index (χ4n) is 3.62. The van der Waals surface area contributed by atoms with Crippen LogP contribution >= 0.6 is 0 Å². The highest BCUT2D eigenvalue weighted by atomic mass is 32.2. The van der Waals surface area contributed by atoms with Gasteiger partial charge in [0.15, 0.2) is 6.10 Å². The van der Waals surface area contributed by atoms with E-state index in [4.69, 9.17) is 14.0 Å². The summed E-state index contributed by atoms with van der Waals surface area (Å²) in [5.41, 5.74) is 1.99. The molecule has 0 saturated heterocycles. The Morgan fingerprint density at radius 1 is 1.18 bits per heavy atom. The Bertz CT molecular complexity index is 1350. The number of benzene rings is 2. The number of para-hydroxylation sites is 1. The van der Waals surface area contributed by atoms with Gasteiger partial charge >= 0.3 is 5.97 Å². The van der Waals surface area contributed by atoms with Crippen LogP contribution in [0.2, 0.25) is 0 Å². The van der Waals surface area contributed by atoms with E-state index in [2.05, 4.69) is 10.5 Å². The molecule has 2 aromatic carbocycles. The second-order valence-corrected chi connectivity index (χ2v) is 9.55. The zero-order valence-electron chi connectivity index (χ0n) is 18.8. The SMILES string of the molecule is COc1ccc(S(=O)(=O)N2CCc3ccccc32)cc1C(=O)OC(C)C(=O)Nc1cc(C)no1. The van der Waals surface area contributed by atoms with Crippen molar-refractivity contribution in [3.05, 3.63) is 65.4 Å². The number of methoxy groups -OCH3 is 1. The third-order valence-corrected chi connectivity index (χ3v) is 7.16. The highest BCUT2D eigenvalue weighted by molar-refractivity contribution is 7.92. The maximum Gasteiger partial charge on any atom is 0.342 e. The van der Waals surface area contributed by atoms with Gasteiger partial charge in [0.2, 0.25) is 5.88 Å². The number of aryl methyl sites for hydroxylation is 1. The largest absolute Gasteiger partial charge is 0.496 e. The third kappa shape index (κ3) is 4.46. The van der Waals surface area contributed by atoms with Crippen LogP contribution in [-0.2, 0) is 26.0 Å². The number of aromatic nitrogens is 1. The molecule has 34 heavy (non-hydrogen) atoms. The van der Waals surface area contributed by atoms with Gasteiger partial charge in [-0.1, -0.05) is 23.4 Å². The number of esters is 1. The Labute approximate surface area is 196 Å². The molecule has 0 bridgehead atoms. The maximum atomic E-state index is 13.4. The van der Waals surface area contributed by atoms with Gasteiger partial charge in [-0.3, -0.25) is 14.4 Å². The van der Waals surface area contributed by atoms with Gasteiger partial charge in [-0.05, 0) is 50.1 Å². The molecule has 1 amide bonds. The Hall–Kier alpha value is -3.86. The molecule has 1 aliphatic heterocycles. The van der Waals surface area contributed by atoms with Crippen LogP contribution in [0.25, 0.3) is 0 Å². The van der Waals surface area contributed by atoms with Crippen molar-refractivity contribution in [1.29, 1.82) is 0 Å². The minimum Gasteiger partial charge on any atom is -0.496 e. The number of amides is 1. The molecule has 1 N–H and O–H groups in total. The molecule has 178 valence electrons. The lowest BCUT2D eigenvalue weighted by Crippen LogP contribution is -2.31. The summed E-state index contributed by atoms with van der Waals surface area (Å²) in [6.45, 7) is 3.37. The molecule has 1 atom stereocenters. The van der Waals surface area contributed by atoms with Gasteiger partial charge < -0.3 is 14.0 Å². The van der Waals surface area contributed by atoms with E-state index in [0.717, 1.165) is 5.56 Å². The molecule has 4 rings (SSSR count). The molecule has 1 aromatic heterocycles. The predicted octanol–water partition coefficient (Wildman–Crippen LogP) is 2.93. The molecule has 2 heterocycles. The van der Waals surface area contributed by atoms with Crippen molar-refractivity contribution >= 4 is 33.5 Å². The summed E-state index contributed by atoms with van der Waals surface area (Å²) in [5, 5.41) is 6.12. The number of rotatable bonds is 7. The molecule has 11 heteroatoms. The van der Waals surface area contributed by atoms with Crippen molar-refractivity contribution in [3.8, 4) is 5.75 Å². The van der Waals surface area contributed by atoms with E-state index in [1.165, 1.54) is 42.6 Å². The molecule has 3 aromatic rings. The molecule has 1 unspecified atom stereocenters. The van der Waals surface area contributed by atoms with Crippen molar-refractivity contribution < 1.29 is 32.0 Å². The Balaban J connectivity index is 1.56. The van der Waals surface area contributed by atoms with Gasteiger partial charge in [0.05, 0.1) is 23.4 Å². The van der Waals surface area contributed by atoms with Gasteiger partial charge in [0.25, 0.3) is 15.9 Å². The highest BCUT2D eigenvalue weighted by Gasteiger charge is 2.32. The lowest BCUT2D eigenvalue weighted by molar-refractivity contribution is -0.123. The maximum absolute atomic E-state index is 13.4. The summed E-state index contributed by atoms with van der Waals surface area (Å²) in [6, 6.07) is 12.7. The van der Waals surface area contributed by atoms with Crippen molar-refractivity contribution in [2.45, 2.75) is 31.3 Å². The number of carbonyl (C=O) groups is 2. The van der Waals surface area contributed by atoms with E-state index in [1.807, 2.05) is 12.1 Å². The first-order chi connectivity index (χ1) is 16.2. The van der Waals surface area contributed by atoms with Crippen LogP contribution in [0.3, 0.4) is 0 Å². The van der Waals surface area contributed by atoms with Crippen LogP contribution in [0.5, 0.6) is 5.75 Å². The number of sulfonamides is 1. The summed E-state index contributed by atoms with van der Waals surface area (Å²) in [4.78, 5) is 25.1. The molecule has 0 radical (unpaired) electrons. The number of fused-ring (bicyclic) bond motifs is 1. The first kappa shape index (κ1) is 23.3. The molecule has 10 nitrogen and oxygen atoms in total. The smallest absolute Gasteiger partial charge is 0.342 e. The normalized spacial score (nSPS) is 13.8. The third-order valence-electron chi connectivity index (χ3n) is 5.35. The Morgan fingerprint density at radius 3 is 2.65 bits per heavy atom. The van der Waals surface area contributed by atoms with Gasteiger partial charge in [-0.15, -0.1) is 0 Å². The number of carbonyl (C=O) groups excluding carboxylic acids is 2. The number of hydrogen-bond acceptors (Lipinski definition) is 8. The molecule has 0 saturated carbocycles. The van der Waals surface area contributed by atoms with Gasteiger partial charge in [-0.25, -0.2) is 13.2 Å². The van der Waals surface area contributed by atoms with Gasteiger partial charge in [0.1, 0.15) is 11.3 Å². The fourth-order valence-corrected chi connectivity index (χ4v) is 5.15. The Morgan fingerprint density at radius 2 is 1.94 bits per heavy atom. The average molecular weight is 486 g/mol. The summed E-state index contributed by atoms with van der Waals surface area (Å²) in [7, 11) is -2.60. The number of anilines is 2. The number of hydrogen-bond donors (Lipinski definition) is 1. The van der Waals surface area contributed by atoms with Crippen LogP contribution in [0.1, 0.15) is 28.5 Å². The summed E-state index contributed by atoms with van der Waals surface area (Å²) < 4.78 is 43.4. The van der Waals surface area contributed by atoms with Crippen molar-refractivity contribution in [1.82, 2.24) is 5.16 Å². The van der Waals surface area contributed by atoms with Crippen molar-refractivity contribution in [2.24, 2.45) is 0 Å². The van der Waals surface area contributed by atoms with E-state index < -0.39 is 28.0 Å². The Kier molecular flexibility index (Phi) is 6.29. The standard InChI is InChI=1S/C23H23N3O7S/c1-14-12-21(33-25-14)24-22(27)15(2)32-23(28)18-13-17(8-9-20(18)31-3)34(29,30)26-11-10-16-6-4-5-7-19(16)26/h4-9,12-13,15H,10-11H2,1-3H3,(H,24,27). The molecular weight excluding hydrogens is 462 g/mol. The second kappa shape index (κ2) is 9.18. The van der Waals surface area contributed by atoms with Crippen LogP contribution in [0.15, 0.2) is 57.9 Å². The highest BCUT2D eigenvalue weighted by Crippen LogP contribution is 2.34. The van der Waals surface area contributed by atoms with E-state index >= 15 is 0 Å². The van der Waals surface area contributed by atoms with Gasteiger partial charge in [-0.2, -0.15) is 0 Å². The lowest BCUT2D eigenvalue weighted by atomic mass is 10.2. The van der Waals surface area contributed by atoms with Crippen LogP contribution in [-0.4, -0.2) is 45.2 Å². The lowest BCUT2D eigenvalue weighted by Gasteiger charge is -2.20. The topological polar surface area (TPSA) is 128 Å². The van der Waals surface area contributed by atoms with Crippen LogP contribution < -0.4 is 14.4 Å². The fraction of sp³-hybridized carbons (Fsp3) is 0.261. The first-order valence-corrected chi connectivity index (χ1v) is 11.9. The molecular formula is C23H23N3O7S. The molecule has 0 spiro atoms. The second-order valence-electron chi connectivity index (χ2n) is 7.69. The first-order valence-electron chi connectivity index (χ1n) is 10.4. The van der Waals surface area contributed by atoms with Crippen molar-refractivity contribution in [2.75, 3.05) is 23.3 Å². The molecule has 1 aliphatic rings. The zero-order chi connectivity index (χ0) is 24.5. The van der Waals surface area contributed by atoms with Crippen LogP contribution in [0, 0.1) is 6.92 Å². The quantitative estimate of drug-likeness (QED) is 0.506. The summed E-state index contributed by atoms with van der Waals surface area (Å²) in [5.74, 6) is -1.32. The minimum atomic E-state index is -3.94. The predicted molar refractivity (Wildman–Crippen MR) is 122 cm³/mol. The zero-order valence-corrected chi connectivity index (χ0v) is 19.6. The number of nitrogens with zero attached hydrogens (tertiary/aromatic N) is 2. The van der Waals surface area contributed by atoms with Crippen molar-refractivity contribution in [3.63, 3.8) is 0 Å². The van der Waals surface area contributed by atoms with E-state index in [1.54, 1.807) is 19.1 Å². The number of ether oxygens (including phenoxy) is 2. The summed E-state index contributed by atoms with van der Waals surface area (Å²) in [6.07, 6.45) is -0.606. The van der Waals surface area contributed by atoms with E-state index in [9.17, 15) is 18.0 Å². The summed E-state index contributed by atoms with van der Waals surface area (Å²) >= 11 is 0. The van der Waals surface area contributed by atoms with E-state index in [-0.39, 0.29) is 22.1 Å². The molecule has 0 aliphatic carbocycles. The molecule has 0 fully saturated rings. The number of nitrogens with one attached hydrogen (secondary N) is 1. The van der Waals surface area contributed by atoms with Gasteiger partial charge in [0, 0.05) is 12.6 Å².